The van der Waals surface area contributed by atoms with Gasteiger partial charge in [-0.1, -0.05) is 44.9 Å². The van der Waals surface area contributed by atoms with E-state index in [-0.39, 0.29) is 5.41 Å². The average molecular weight is 480 g/mol. The molecule has 4 heteroatoms. The molecule has 0 heterocycles. The lowest BCUT2D eigenvalue weighted by Crippen LogP contribution is -2.44. The van der Waals surface area contributed by atoms with Gasteiger partial charge in [-0.25, -0.2) is 0 Å². The fourth-order valence-corrected chi connectivity index (χ4v) is 6.66. The maximum Gasteiger partial charge on any atom is 0.137 e. The smallest absolute Gasteiger partial charge is 0.137 e. The second-order valence-corrected chi connectivity index (χ2v) is 10.9. The van der Waals surface area contributed by atoms with Gasteiger partial charge >= 0.3 is 0 Å². The van der Waals surface area contributed by atoms with Gasteiger partial charge in [-0.05, 0) is 104 Å². The largest absolute Gasteiger partial charge is 0.492 e. The van der Waals surface area contributed by atoms with Gasteiger partial charge in [-0.3, -0.25) is 0 Å². The van der Waals surface area contributed by atoms with E-state index in [0.29, 0.717) is 47.3 Å². The Balaban J connectivity index is 1.54. The number of fused-ring (bicyclic) bond motifs is 3. The van der Waals surface area contributed by atoms with Gasteiger partial charge < -0.3 is 4.74 Å². The summed E-state index contributed by atoms with van der Waals surface area (Å²) in [4.78, 5) is 0. The van der Waals surface area contributed by atoms with Crippen molar-refractivity contribution in [1.82, 2.24) is 0 Å². The molecule has 3 fully saturated rings. The summed E-state index contributed by atoms with van der Waals surface area (Å²) in [6.07, 6.45) is 13.1. The standard InChI is InChI=1S/C32H37N3O/c1-3-5-19-36-30-11-7-24(20-26(30)21-33)6-8-25-9-10-29(28(23-35)27(25)22-34)32-16-13-31(12-4-2,14-17-32)15-18-32/h7,9-11,20H,3-6,8,12-19H2,1-2H3. The zero-order chi connectivity index (χ0) is 25.6. The van der Waals surface area contributed by atoms with Gasteiger partial charge in [0.05, 0.1) is 23.3 Å². The maximum atomic E-state index is 10.2. The minimum absolute atomic E-state index is 0.0555. The molecule has 0 unspecified atom stereocenters. The average Bonchev–Trinajstić information content (AvgIpc) is 2.92. The summed E-state index contributed by atoms with van der Waals surface area (Å²) in [5.74, 6) is 0.630. The minimum atomic E-state index is 0.0555. The Morgan fingerprint density at radius 2 is 1.53 bits per heavy atom. The summed E-state index contributed by atoms with van der Waals surface area (Å²) in [6.45, 7) is 5.01. The predicted octanol–water partition coefficient (Wildman–Crippen LogP) is 7.66. The summed E-state index contributed by atoms with van der Waals surface area (Å²) >= 11 is 0. The molecule has 5 rings (SSSR count). The molecule has 3 saturated carbocycles. The van der Waals surface area contributed by atoms with Crippen LogP contribution in [0.4, 0.5) is 0 Å². The van der Waals surface area contributed by atoms with Gasteiger partial charge in [0.25, 0.3) is 0 Å². The summed E-state index contributed by atoms with van der Waals surface area (Å²) in [5, 5.41) is 29.8. The number of hydrogen-bond donors (Lipinski definition) is 0. The number of nitriles is 3. The van der Waals surface area contributed by atoms with Gasteiger partial charge in [0.2, 0.25) is 0 Å². The lowest BCUT2D eigenvalue weighted by atomic mass is 9.50. The number of rotatable bonds is 10. The van der Waals surface area contributed by atoms with E-state index in [2.05, 4.69) is 44.2 Å². The lowest BCUT2D eigenvalue weighted by molar-refractivity contribution is 0.0319. The van der Waals surface area contributed by atoms with Crippen molar-refractivity contribution in [2.24, 2.45) is 5.41 Å². The van der Waals surface area contributed by atoms with Crippen molar-refractivity contribution < 1.29 is 4.74 Å². The molecule has 0 spiro atoms. The topological polar surface area (TPSA) is 80.6 Å². The highest BCUT2D eigenvalue weighted by atomic mass is 16.5. The Hall–Kier alpha value is -3.29. The molecule has 0 aliphatic heterocycles. The molecule has 4 nitrogen and oxygen atoms in total. The summed E-state index contributed by atoms with van der Waals surface area (Å²) < 4.78 is 5.77. The van der Waals surface area contributed by atoms with E-state index in [0.717, 1.165) is 48.8 Å². The zero-order valence-electron chi connectivity index (χ0n) is 21.8. The number of hydrogen-bond acceptors (Lipinski definition) is 4. The molecule has 0 aromatic heterocycles. The highest BCUT2D eigenvalue weighted by Crippen LogP contribution is 2.60. The van der Waals surface area contributed by atoms with Crippen LogP contribution in [-0.4, -0.2) is 6.61 Å². The minimum Gasteiger partial charge on any atom is -0.492 e. The second kappa shape index (κ2) is 11.2. The van der Waals surface area contributed by atoms with Crippen LogP contribution >= 0.6 is 0 Å². The monoisotopic (exact) mass is 479 g/mol. The van der Waals surface area contributed by atoms with Crippen LogP contribution in [0.2, 0.25) is 0 Å². The van der Waals surface area contributed by atoms with Gasteiger partial charge in [-0.2, -0.15) is 15.8 Å². The molecule has 186 valence electrons. The number of unbranched alkanes of at least 4 members (excludes halogenated alkanes) is 1. The quantitative estimate of drug-likeness (QED) is 0.328. The van der Waals surface area contributed by atoms with Crippen LogP contribution in [0, 0.1) is 39.4 Å². The first-order valence-electron chi connectivity index (χ1n) is 13.7. The fourth-order valence-electron chi connectivity index (χ4n) is 6.66. The number of nitrogens with zero attached hydrogens (tertiary/aromatic N) is 3. The molecular weight excluding hydrogens is 442 g/mol. The van der Waals surface area contributed by atoms with Gasteiger partial charge in [-0.15, -0.1) is 0 Å². The highest BCUT2D eigenvalue weighted by Gasteiger charge is 2.49. The van der Waals surface area contributed by atoms with Gasteiger partial charge in [0.15, 0.2) is 0 Å². The Morgan fingerprint density at radius 1 is 0.806 bits per heavy atom. The third kappa shape index (κ3) is 4.99. The van der Waals surface area contributed by atoms with E-state index in [1.807, 2.05) is 18.2 Å². The first-order valence-corrected chi connectivity index (χ1v) is 13.7. The van der Waals surface area contributed by atoms with E-state index >= 15 is 0 Å². The zero-order valence-corrected chi connectivity index (χ0v) is 21.8. The number of ether oxygens (including phenoxy) is 1. The Labute approximate surface area is 216 Å². The fraction of sp³-hybridized carbons (Fsp3) is 0.531. The van der Waals surface area contributed by atoms with Crippen LogP contribution in [0.1, 0.15) is 111 Å². The molecular formula is C32H37N3O. The van der Waals surface area contributed by atoms with Crippen LogP contribution in [-0.2, 0) is 18.3 Å². The van der Waals surface area contributed by atoms with Crippen molar-refractivity contribution >= 4 is 0 Å². The third-order valence-corrected chi connectivity index (χ3v) is 8.87. The molecule has 2 aromatic carbocycles. The number of aryl methyl sites for hydroxylation is 2. The first-order chi connectivity index (χ1) is 17.5. The SMILES string of the molecule is CCCCOc1ccc(CCc2ccc(C34CCC(CCC)(CC3)CC4)c(C#N)c2C#N)cc1C#N. The number of benzene rings is 2. The van der Waals surface area contributed by atoms with Crippen LogP contribution < -0.4 is 4.74 Å². The summed E-state index contributed by atoms with van der Waals surface area (Å²) in [5.41, 5.74) is 5.31. The third-order valence-electron chi connectivity index (χ3n) is 8.87. The lowest BCUT2D eigenvalue weighted by Gasteiger charge is -2.54. The Kier molecular flexibility index (Phi) is 8.01. The van der Waals surface area contributed by atoms with E-state index in [1.165, 1.54) is 32.1 Å². The normalized spacial score (nSPS) is 22.4. The predicted molar refractivity (Wildman–Crippen MR) is 142 cm³/mol. The van der Waals surface area contributed by atoms with Crippen molar-refractivity contribution in [2.75, 3.05) is 6.61 Å². The maximum absolute atomic E-state index is 10.2. The molecule has 0 N–H and O–H groups in total. The molecule has 0 saturated heterocycles. The van der Waals surface area contributed by atoms with Crippen LogP contribution in [0.15, 0.2) is 30.3 Å². The summed E-state index contributed by atoms with van der Waals surface area (Å²) in [7, 11) is 0. The van der Waals surface area contributed by atoms with Crippen molar-refractivity contribution in [1.29, 1.82) is 15.8 Å². The molecule has 2 aromatic rings. The van der Waals surface area contributed by atoms with Crippen LogP contribution in [0.5, 0.6) is 5.75 Å². The molecule has 0 amide bonds. The molecule has 3 aliphatic carbocycles. The molecule has 2 bridgehead atoms. The van der Waals surface area contributed by atoms with Gasteiger partial charge in [0.1, 0.15) is 24.0 Å². The van der Waals surface area contributed by atoms with Crippen LogP contribution in [0.25, 0.3) is 0 Å². The van der Waals surface area contributed by atoms with Crippen molar-refractivity contribution in [3.8, 4) is 24.0 Å². The van der Waals surface area contributed by atoms with Crippen molar-refractivity contribution in [2.45, 2.75) is 96.3 Å². The highest BCUT2D eigenvalue weighted by molar-refractivity contribution is 5.57. The Morgan fingerprint density at radius 3 is 2.14 bits per heavy atom. The molecule has 0 atom stereocenters. The van der Waals surface area contributed by atoms with Crippen molar-refractivity contribution in [3.63, 3.8) is 0 Å². The first kappa shape index (κ1) is 25.8. The Bertz CT molecular complexity index is 1200. The molecule has 3 aliphatic rings. The van der Waals surface area contributed by atoms with Gasteiger partial charge in [0, 0.05) is 0 Å². The van der Waals surface area contributed by atoms with E-state index in [4.69, 9.17) is 4.74 Å². The van der Waals surface area contributed by atoms with E-state index in [9.17, 15) is 15.8 Å². The summed E-state index contributed by atoms with van der Waals surface area (Å²) in [6, 6.07) is 17.1. The van der Waals surface area contributed by atoms with E-state index < -0.39 is 0 Å². The van der Waals surface area contributed by atoms with Crippen LogP contribution in [0.3, 0.4) is 0 Å². The molecule has 0 radical (unpaired) electrons. The second-order valence-electron chi connectivity index (χ2n) is 10.9. The van der Waals surface area contributed by atoms with E-state index in [1.54, 1.807) is 0 Å². The van der Waals surface area contributed by atoms with Crippen molar-refractivity contribution in [3.05, 3.63) is 63.7 Å². The molecule has 36 heavy (non-hydrogen) atoms.